The standard InChI is InChI=1S/C21H18O5/c1-10(2)14-8-13(18(22)11-3-4-11)9-16-19(23)15-7-12(21(24)25)5-6-17(15)26-20(14)16/h5-11H,3-4H2,1-2H3,(H,24,25). The molecule has 2 aromatic carbocycles. The summed E-state index contributed by atoms with van der Waals surface area (Å²) in [4.78, 5) is 36.8. The maximum Gasteiger partial charge on any atom is 0.335 e. The first-order valence-electron chi connectivity index (χ1n) is 8.69. The lowest BCUT2D eigenvalue weighted by Crippen LogP contribution is -2.09. The van der Waals surface area contributed by atoms with Crippen molar-refractivity contribution in [2.24, 2.45) is 5.92 Å². The molecule has 0 saturated heterocycles. The normalized spacial score (nSPS) is 14.3. The Bertz CT molecular complexity index is 1130. The molecule has 5 nitrogen and oxygen atoms in total. The molecular formula is C21H18O5. The summed E-state index contributed by atoms with van der Waals surface area (Å²) < 4.78 is 5.96. The second kappa shape index (κ2) is 5.80. The molecular weight excluding hydrogens is 332 g/mol. The number of benzene rings is 2. The Morgan fingerprint density at radius 2 is 1.77 bits per heavy atom. The van der Waals surface area contributed by atoms with Crippen molar-refractivity contribution in [3.8, 4) is 0 Å². The molecule has 0 aliphatic heterocycles. The van der Waals surface area contributed by atoms with Crippen LogP contribution >= 0.6 is 0 Å². The molecule has 0 atom stereocenters. The van der Waals surface area contributed by atoms with Gasteiger partial charge in [-0.2, -0.15) is 0 Å². The predicted molar refractivity (Wildman–Crippen MR) is 98.1 cm³/mol. The molecule has 1 N–H and O–H groups in total. The molecule has 0 bridgehead atoms. The van der Waals surface area contributed by atoms with Gasteiger partial charge in [0.05, 0.1) is 16.3 Å². The Morgan fingerprint density at radius 1 is 1.08 bits per heavy atom. The lowest BCUT2D eigenvalue weighted by molar-refractivity contribution is 0.0696. The van der Waals surface area contributed by atoms with Gasteiger partial charge in [0.2, 0.25) is 5.43 Å². The SMILES string of the molecule is CC(C)c1cc(C(=O)C2CC2)cc2c(=O)c3cc(C(=O)O)ccc3oc12. The molecule has 5 heteroatoms. The third kappa shape index (κ3) is 2.60. The topological polar surface area (TPSA) is 84.6 Å². The average Bonchev–Trinajstić information content (AvgIpc) is 3.45. The maximum atomic E-state index is 13.0. The van der Waals surface area contributed by atoms with E-state index in [1.807, 2.05) is 19.9 Å². The van der Waals surface area contributed by atoms with E-state index >= 15 is 0 Å². The molecule has 4 rings (SSSR count). The zero-order valence-electron chi connectivity index (χ0n) is 14.5. The highest BCUT2D eigenvalue weighted by atomic mass is 16.4. The van der Waals surface area contributed by atoms with Crippen LogP contribution < -0.4 is 5.43 Å². The summed E-state index contributed by atoms with van der Waals surface area (Å²) in [5, 5.41) is 9.71. The first-order valence-corrected chi connectivity index (χ1v) is 8.69. The molecule has 3 aromatic rings. The molecule has 132 valence electrons. The van der Waals surface area contributed by atoms with Gasteiger partial charge in [0.1, 0.15) is 11.2 Å². The highest BCUT2D eigenvalue weighted by molar-refractivity contribution is 6.04. The van der Waals surface area contributed by atoms with Gasteiger partial charge < -0.3 is 9.52 Å². The van der Waals surface area contributed by atoms with Crippen molar-refractivity contribution < 1.29 is 19.1 Å². The van der Waals surface area contributed by atoms with E-state index in [1.165, 1.54) is 18.2 Å². The lowest BCUT2D eigenvalue weighted by atomic mass is 9.94. The Labute approximate surface area is 149 Å². The quantitative estimate of drug-likeness (QED) is 0.558. The van der Waals surface area contributed by atoms with E-state index in [9.17, 15) is 19.5 Å². The van der Waals surface area contributed by atoms with Gasteiger partial charge >= 0.3 is 5.97 Å². The summed E-state index contributed by atoms with van der Waals surface area (Å²) in [6, 6.07) is 7.68. The van der Waals surface area contributed by atoms with Crippen molar-refractivity contribution in [2.45, 2.75) is 32.6 Å². The van der Waals surface area contributed by atoms with Crippen LogP contribution in [0.15, 0.2) is 39.5 Å². The number of rotatable bonds is 4. The van der Waals surface area contributed by atoms with Crippen LogP contribution in [0.3, 0.4) is 0 Å². The van der Waals surface area contributed by atoms with Gasteiger partial charge in [0.15, 0.2) is 5.78 Å². The van der Waals surface area contributed by atoms with Crippen molar-refractivity contribution in [1.82, 2.24) is 0 Å². The van der Waals surface area contributed by atoms with E-state index in [-0.39, 0.29) is 34.0 Å². The average molecular weight is 350 g/mol. The number of fused-ring (bicyclic) bond motifs is 2. The first kappa shape index (κ1) is 16.5. The number of carboxylic acids is 1. The van der Waals surface area contributed by atoms with Crippen LogP contribution in [0.25, 0.3) is 21.9 Å². The molecule has 26 heavy (non-hydrogen) atoms. The van der Waals surface area contributed by atoms with Crippen molar-refractivity contribution >= 4 is 33.7 Å². The number of hydrogen-bond acceptors (Lipinski definition) is 4. The van der Waals surface area contributed by atoms with Gasteiger partial charge in [0, 0.05) is 11.5 Å². The minimum absolute atomic E-state index is 0.0263. The minimum Gasteiger partial charge on any atom is -0.478 e. The molecule has 1 heterocycles. The van der Waals surface area contributed by atoms with Gasteiger partial charge in [-0.3, -0.25) is 9.59 Å². The van der Waals surface area contributed by atoms with E-state index in [1.54, 1.807) is 6.07 Å². The molecule has 0 amide bonds. The van der Waals surface area contributed by atoms with Gasteiger partial charge in [-0.1, -0.05) is 13.8 Å². The van der Waals surface area contributed by atoms with Crippen molar-refractivity contribution in [2.75, 3.05) is 0 Å². The molecule has 0 spiro atoms. The van der Waals surface area contributed by atoms with E-state index in [4.69, 9.17) is 4.42 Å². The number of ketones is 1. The Balaban J connectivity index is 2.07. The molecule has 1 aliphatic rings. The number of aromatic carboxylic acids is 1. The maximum absolute atomic E-state index is 13.0. The monoisotopic (exact) mass is 350 g/mol. The summed E-state index contributed by atoms with van der Waals surface area (Å²) in [6.45, 7) is 3.97. The second-order valence-electron chi connectivity index (χ2n) is 7.18. The van der Waals surface area contributed by atoms with Crippen LogP contribution in [-0.2, 0) is 0 Å². The summed E-state index contributed by atoms with van der Waals surface area (Å²) in [7, 11) is 0. The van der Waals surface area contributed by atoms with Crippen molar-refractivity contribution in [1.29, 1.82) is 0 Å². The molecule has 1 saturated carbocycles. The van der Waals surface area contributed by atoms with Crippen LogP contribution in [-0.4, -0.2) is 16.9 Å². The predicted octanol–water partition coefficient (Wildman–Crippen LogP) is 4.36. The molecule has 1 fully saturated rings. The first-order chi connectivity index (χ1) is 12.4. The summed E-state index contributed by atoms with van der Waals surface area (Å²) >= 11 is 0. The highest BCUT2D eigenvalue weighted by Crippen LogP contribution is 2.35. The number of carboxylic acid groups (broad SMARTS) is 1. The number of Topliss-reactive ketones (excluding diaryl/α,β-unsaturated/α-hetero) is 1. The fourth-order valence-electron chi connectivity index (χ4n) is 3.27. The van der Waals surface area contributed by atoms with Gasteiger partial charge in [-0.15, -0.1) is 0 Å². The Hall–Kier alpha value is -2.95. The fraction of sp³-hybridized carbons (Fsp3) is 0.286. The molecule has 1 aromatic heterocycles. The van der Waals surface area contributed by atoms with E-state index in [2.05, 4.69) is 0 Å². The third-order valence-electron chi connectivity index (χ3n) is 4.90. The summed E-state index contributed by atoms with van der Waals surface area (Å²) in [6.07, 6.45) is 1.78. The smallest absolute Gasteiger partial charge is 0.335 e. The van der Waals surface area contributed by atoms with Crippen molar-refractivity contribution in [3.63, 3.8) is 0 Å². The summed E-state index contributed by atoms with van der Waals surface area (Å²) in [5.41, 5.74) is 1.87. The van der Waals surface area contributed by atoms with E-state index in [0.29, 0.717) is 22.1 Å². The second-order valence-corrected chi connectivity index (χ2v) is 7.18. The van der Waals surface area contributed by atoms with Gasteiger partial charge in [-0.25, -0.2) is 4.79 Å². The van der Waals surface area contributed by atoms with E-state index in [0.717, 1.165) is 18.4 Å². The fourth-order valence-corrected chi connectivity index (χ4v) is 3.27. The molecule has 1 aliphatic carbocycles. The van der Waals surface area contributed by atoms with Crippen LogP contribution in [0, 0.1) is 5.92 Å². The minimum atomic E-state index is -1.10. The molecule has 0 unspecified atom stereocenters. The summed E-state index contributed by atoms with van der Waals surface area (Å²) in [5.74, 6) is -0.915. The third-order valence-corrected chi connectivity index (χ3v) is 4.90. The van der Waals surface area contributed by atoms with Gasteiger partial charge in [0.25, 0.3) is 0 Å². The molecule has 0 radical (unpaired) electrons. The van der Waals surface area contributed by atoms with Gasteiger partial charge in [-0.05, 0) is 54.7 Å². The lowest BCUT2D eigenvalue weighted by Gasteiger charge is -2.12. The van der Waals surface area contributed by atoms with Crippen LogP contribution in [0.2, 0.25) is 0 Å². The Kier molecular flexibility index (Phi) is 3.68. The highest BCUT2D eigenvalue weighted by Gasteiger charge is 2.31. The number of carbonyl (C=O) groups excluding carboxylic acids is 1. The largest absolute Gasteiger partial charge is 0.478 e. The van der Waals surface area contributed by atoms with Crippen LogP contribution in [0.5, 0.6) is 0 Å². The Morgan fingerprint density at radius 3 is 2.38 bits per heavy atom. The van der Waals surface area contributed by atoms with E-state index < -0.39 is 5.97 Å². The van der Waals surface area contributed by atoms with Crippen molar-refractivity contribution in [3.05, 3.63) is 57.2 Å². The zero-order chi connectivity index (χ0) is 18.6. The number of carbonyl (C=O) groups is 2. The van der Waals surface area contributed by atoms with Crippen LogP contribution in [0.1, 0.15) is 58.9 Å². The zero-order valence-corrected chi connectivity index (χ0v) is 14.5. The van der Waals surface area contributed by atoms with Crippen LogP contribution in [0.4, 0.5) is 0 Å². The number of hydrogen-bond donors (Lipinski definition) is 1.